The number of rotatable bonds is 3. The van der Waals surface area contributed by atoms with Gasteiger partial charge in [-0.15, -0.1) is 0 Å². The van der Waals surface area contributed by atoms with Crippen LogP contribution >= 0.6 is 11.6 Å². The van der Waals surface area contributed by atoms with Crippen LogP contribution in [0.25, 0.3) is 0 Å². The molecule has 0 saturated heterocycles. The van der Waals surface area contributed by atoms with Gasteiger partial charge in [0.2, 0.25) is 0 Å². The Morgan fingerprint density at radius 2 is 2.32 bits per heavy atom. The molecule has 0 fully saturated rings. The molecule has 0 bridgehead atoms. The number of urea groups is 1. The van der Waals surface area contributed by atoms with E-state index in [9.17, 15) is 4.79 Å². The maximum Gasteiger partial charge on any atom is 0.322 e. The standard InChI is InChI=1S/C16H17ClN2O3/c1-2-12-10-19(14-8-11(17)5-6-15(14)22-12)16(20)18-9-13-4-3-7-21-13/h3-8,12H,2,9-10H2,1H3,(H,18,20). The molecule has 3 rings (SSSR count). The van der Waals surface area contributed by atoms with E-state index in [0.717, 1.165) is 6.42 Å². The number of nitrogens with zero attached hydrogens (tertiary/aromatic N) is 1. The van der Waals surface area contributed by atoms with E-state index in [2.05, 4.69) is 5.32 Å². The first-order valence-corrected chi connectivity index (χ1v) is 7.59. The zero-order valence-electron chi connectivity index (χ0n) is 12.2. The van der Waals surface area contributed by atoms with E-state index in [1.807, 2.05) is 13.0 Å². The van der Waals surface area contributed by atoms with Crippen molar-refractivity contribution in [2.75, 3.05) is 11.4 Å². The smallest absolute Gasteiger partial charge is 0.322 e. The highest BCUT2D eigenvalue weighted by Gasteiger charge is 2.29. The van der Waals surface area contributed by atoms with Crippen LogP contribution in [-0.4, -0.2) is 18.7 Å². The van der Waals surface area contributed by atoms with E-state index >= 15 is 0 Å². The normalized spacial score (nSPS) is 16.8. The molecule has 0 radical (unpaired) electrons. The lowest BCUT2D eigenvalue weighted by Crippen LogP contribution is -2.47. The minimum Gasteiger partial charge on any atom is -0.486 e. The van der Waals surface area contributed by atoms with E-state index in [4.69, 9.17) is 20.8 Å². The van der Waals surface area contributed by atoms with Gasteiger partial charge in [0, 0.05) is 5.02 Å². The molecule has 1 aromatic carbocycles. The van der Waals surface area contributed by atoms with Crippen LogP contribution in [0.1, 0.15) is 19.1 Å². The zero-order chi connectivity index (χ0) is 15.5. The summed E-state index contributed by atoms with van der Waals surface area (Å²) in [4.78, 5) is 14.2. The van der Waals surface area contributed by atoms with Crippen LogP contribution in [0.2, 0.25) is 5.02 Å². The van der Waals surface area contributed by atoms with Crippen LogP contribution in [0.5, 0.6) is 5.75 Å². The third kappa shape index (κ3) is 3.04. The first kappa shape index (κ1) is 14.8. The number of amides is 2. The van der Waals surface area contributed by atoms with Crippen LogP contribution in [0.3, 0.4) is 0 Å². The number of benzene rings is 1. The SMILES string of the molecule is CCC1CN(C(=O)NCc2ccco2)c2cc(Cl)ccc2O1. The summed E-state index contributed by atoms with van der Waals surface area (Å²) < 4.78 is 11.1. The van der Waals surface area contributed by atoms with Gasteiger partial charge in [-0.05, 0) is 36.8 Å². The van der Waals surface area contributed by atoms with Crippen molar-refractivity contribution in [3.63, 3.8) is 0 Å². The van der Waals surface area contributed by atoms with Crippen molar-refractivity contribution >= 4 is 23.3 Å². The number of furan rings is 1. The lowest BCUT2D eigenvalue weighted by atomic mass is 10.1. The number of anilines is 1. The minimum absolute atomic E-state index is 0.0250. The molecular weight excluding hydrogens is 304 g/mol. The fraction of sp³-hybridized carbons (Fsp3) is 0.312. The number of fused-ring (bicyclic) bond motifs is 1. The molecule has 0 spiro atoms. The summed E-state index contributed by atoms with van der Waals surface area (Å²) in [5, 5.41) is 3.42. The third-order valence-electron chi connectivity index (χ3n) is 3.59. The van der Waals surface area contributed by atoms with Crippen molar-refractivity contribution in [1.29, 1.82) is 0 Å². The predicted octanol–water partition coefficient (Wildman–Crippen LogP) is 3.82. The van der Waals surface area contributed by atoms with Gasteiger partial charge in [0.25, 0.3) is 0 Å². The molecule has 2 heterocycles. The molecule has 1 unspecified atom stereocenters. The molecule has 1 aromatic heterocycles. The van der Waals surface area contributed by atoms with Crippen molar-refractivity contribution in [1.82, 2.24) is 5.32 Å². The third-order valence-corrected chi connectivity index (χ3v) is 3.82. The van der Waals surface area contributed by atoms with Crippen molar-refractivity contribution in [3.05, 3.63) is 47.4 Å². The first-order valence-electron chi connectivity index (χ1n) is 7.21. The van der Waals surface area contributed by atoms with E-state index < -0.39 is 0 Å². The fourth-order valence-corrected chi connectivity index (χ4v) is 2.56. The summed E-state index contributed by atoms with van der Waals surface area (Å²) in [5.74, 6) is 1.38. The fourth-order valence-electron chi connectivity index (χ4n) is 2.40. The van der Waals surface area contributed by atoms with Crippen molar-refractivity contribution < 1.29 is 13.9 Å². The Bertz CT molecular complexity index is 657. The Morgan fingerprint density at radius 1 is 1.45 bits per heavy atom. The van der Waals surface area contributed by atoms with Gasteiger partial charge in [-0.2, -0.15) is 0 Å². The van der Waals surface area contributed by atoms with Gasteiger partial charge in [-0.3, -0.25) is 4.90 Å². The van der Waals surface area contributed by atoms with Gasteiger partial charge in [-0.25, -0.2) is 4.79 Å². The van der Waals surface area contributed by atoms with Gasteiger partial charge in [0.05, 0.1) is 25.0 Å². The summed E-state index contributed by atoms with van der Waals surface area (Å²) in [6.45, 7) is 2.87. The number of carbonyl (C=O) groups excluding carboxylic acids is 1. The molecule has 22 heavy (non-hydrogen) atoms. The monoisotopic (exact) mass is 320 g/mol. The molecule has 116 valence electrons. The summed E-state index contributed by atoms with van der Waals surface area (Å²) in [6, 6.07) is 8.72. The second kappa shape index (κ2) is 6.32. The molecule has 2 amide bonds. The van der Waals surface area contributed by atoms with E-state index in [1.165, 1.54) is 0 Å². The number of hydrogen-bond donors (Lipinski definition) is 1. The summed E-state index contributed by atoms with van der Waals surface area (Å²) in [6.07, 6.45) is 2.38. The highest BCUT2D eigenvalue weighted by Crippen LogP contribution is 2.36. The Morgan fingerprint density at radius 3 is 3.05 bits per heavy atom. The van der Waals surface area contributed by atoms with Crippen molar-refractivity contribution in [2.24, 2.45) is 0 Å². The Balaban J connectivity index is 1.79. The molecule has 1 aliphatic heterocycles. The number of carbonyl (C=O) groups is 1. The van der Waals surface area contributed by atoms with Gasteiger partial charge < -0.3 is 14.5 Å². The minimum atomic E-state index is -0.193. The lowest BCUT2D eigenvalue weighted by molar-refractivity contribution is 0.186. The molecule has 1 atom stereocenters. The number of nitrogens with one attached hydrogen (secondary N) is 1. The maximum absolute atomic E-state index is 12.5. The molecule has 1 aliphatic rings. The largest absolute Gasteiger partial charge is 0.486 e. The predicted molar refractivity (Wildman–Crippen MR) is 84.4 cm³/mol. The topological polar surface area (TPSA) is 54.7 Å². The van der Waals surface area contributed by atoms with Crippen LogP contribution < -0.4 is 15.0 Å². The van der Waals surface area contributed by atoms with Gasteiger partial charge in [0.15, 0.2) is 0 Å². The molecule has 1 N–H and O–H groups in total. The Kier molecular flexibility index (Phi) is 4.24. The van der Waals surface area contributed by atoms with Gasteiger partial charge >= 0.3 is 6.03 Å². The van der Waals surface area contributed by atoms with Gasteiger partial charge in [0.1, 0.15) is 17.6 Å². The Labute approximate surface area is 133 Å². The van der Waals surface area contributed by atoms with E-state index in [1.54, 1.807) is 35.4 Å². The highest BCUT2D eigenvalue weighted by atomic mass is 35.5. The second-order valence-electron chi connectivity index (χ2n) is 5.11. The van der Waals surface area contributed by atoms with E-state index in [-0.39, 0.29) is 12.1 Å². The van der Waals surface area contributed by atoms with E-state index in [0.29, 0.717) is 35.3 Å². The maximum atomic E-state index is 12.5. The average Bonchev–Trinajstić information content (AvgIpc) is 3.05. The quantitative estimate of drug-likeness (QED) is 0.935. The summed E-state index contributed by atoms with van der Waals surface area (Å²) in [5.41, 5.74) is 0.689. The van der Waals surface area contributed by atoms with Gasteiger partial charge in [-0.1, -0.05) is 18.5 Å². The van der Waals surface area contributed by atoms with Crippen LogP contribution in [0, 0.1) is 0 Å². The van der Waals surface area contributed by atoms with Crippen molar-refractivity contribution in [3.8, 4) is 5.75 Å². The molecule has 6 heteroatoms. The molecular formula is C16H17ClN2O3. The molecule has 0 aliphatic carbocycles. The number of ether oxygens (including phenoxy) is 1. The average molecular weight is 321 g/mol. The van der Waals surface area contributed by atoms with Crippen LogP contribution in [-0.2, 0) is 6.54 Å². The summed E-state index contributed by atoms with van der Waals surface area (Å²) >= 11 is 6.05. The summed E-state index contributed by atoms with van der Waals surface area (Å²) in [7, 11) is 0. The number of hydrogen-bond acceptors (Lipinski definition) is 3. The van der Waals surface area contributed by atoms with Crippen LogP contribution in [0.15, 0.2) is 41.0 Å². The second-order valence-corrected chi connectivity index (χ2v) is 5.55. The molecule has 0 saturated carbocycles. The van der Waals surface area contributed by atoms with Crippen LogP contribution in [0.4, 0.5) is 10.5 Å². The zero-order valence-corrected chi connectivity index (χ0v) is 13.0. The molecule has 5 nitrogen and oxygen atoms in total. The first-order chi connectivity index (χ1) is 10.7. The van der Waals surface area contributed by atoms with Crippen molar-refractivity contribution in [2.45, 2.75) is 26.0 Å². The molecule has 2 aromatic rings. The highest BCUT2D eigenvalue weighted by molar-refractivity contribution is 6.31. The number of halogens is 1. The Hall–Kier alpha value is -2.14. The lowest BCUT2D eigenvalue weighted by Gasteiger charge is -2.34.